The van der Waals surface area contributed by atoms with Gasteiger partial charge in [-0.15, -0.1) is 0 Å². The number of ether oxygens (including phenoxy) is 1. The molecule has 0 aromatic carbocycles. The first-order chi connectivity index (χ1) is 5.35. The fourth-order valence-electron chi connectivity index (χ4n) is 1.12. The second kappa shape index (κ2) is 7.69. The summed E-state index contributed by atoms with van der Waals surface area (Å²) in [6.45, 7) is 0.139. The van der Waals surface area contributed by atoms with Gasteiger partial charge >= 0.3 is 0 Å². The first-order valence-corrected chi connectivity index (χ1v) is 4.01. The van der Waals surface area contributed by atoms with Crippen molar-refractivity contribution in [2.75, 3.05) is 13.7 Å². The van der Waals surface area contributed by atoms with Crippen molar-refractivity contribution in [3.05, 3.63) is 0 Å². The fraction of sp³-hybridized carbons (Fsp3) is 0.875. The average molecular weight is 159 g/mol. The van der Waals surface area contributed by atoms with Crippen LogP contribution in [0.1, 0.15) is 25.7 Å². The summed E-state index contributed by atoms with van der Waals surface area (Å²) in [5.41, 5.74) is 4.66. The van der Waals surface area contributed by atoms with Crippen LogP contribution in [0.5, 0.6) is 0 Å². The van der Waals surface area contributed by atoms with E-state index in [2.05, 4.69) is 5.73 Å². The van der Waals surface area contributed by atoms with Crippen LogP contribution in [-0.2, 0) is 9.53 Å². The molecule has 0 radical (unpaired) electrons. The van der Waals surface area contributed by atoms with E-state index in [1.54, 1.807) is 7.11 Å². The Morgan fingerprint density at radius 1 is 1.55 bits per heavy atom. The molecule has 0 saturated heterocycles. The van der Waals surface area contributed by atoms with Gasteiger partial charge in [-0.2, -0.15) is 0 Å². The van der Waals surface area contributed by atoms with Crippen LogP contribution in [0.25, 0.3) is 0 Å². The summed E-state index contributed by atoms with van der Waals surface area (Å²) in [7, 11) is 1.80. The number of methoxy groups -OCH3 is 1. The van der Waals surface area contributed by atoms with E-state index in [9.17, 15) is 0 Å². The van der Waals surface area contributed by atoms with E-state index >= 15 is 0 Å². The Hall–Kier alpha value is -0.410. The lowest BCUT2D eigenvalue weighted by Crippen LogP contribution is -2.01. The van der Waals surface area contributed by atoms with Gasteiger partial charge in [0.05, 0.1) is 6.10 Å². The lowest BCUT2D eigenvalue weighted by atomic mass is 10.3. The maximum Gasteiger partial charge on any atom is 0.133 e. The molecule has 3 heteroatoms. The molecule has 1 fully saturated rings. The largest absolute Gasteiger partial charge is 0.381 e. The summed E-state index contributed by atoms with van der Waals surface area (Å²) in [6.07, 6.45) is 6.57. The monoisotopic (exact) mass is 159 g/mol. The molecule has 11 heavy (non-hydrogen) atoms. The predicted molar refractivity (Wildman–Crippen MR) is 44.4 cm³/mol. The number of carbonyl (C=O) groups is 1. The van der Waals surface area contributed by atoms with Crippen LogP contribution < -0.4 is 5.73 Å². The van der Waals surface area contributed by atoms with Crippen LogP contribution in [0.2, 0.25) is 0 Å². The summed E-state index contributed by atoms with van der Waals surface area (Å²) < 4.78 is 5.11. The molecule has 0 aliphatic heterocycles. The lowest BCUT2D eigenvalue weighted by Gasteiger charge is -2.02. The second-order valence-corrected chi connectivity index (χ2v) is 2.54. The van der Waals surface area contributed by atoms with Gasteiger partial charge in [0.25, 0.3) is 0 Å². The number of carbonyl (C=O) groups excluding carboxylic acids is 1. The highest BCUT2D eigenvalue weighted by Crippen LogP contribution is 2.19. The van der Waals surface area contributed by atoms with Crippen LogP contribution in [0.15, 0.2) is 0 Å². The minimum Gasteiger partial charge on any atom is -0.381 e. The van der Waals surface area contributed by atoms with Crippen molar-refractivity contribution in [2.45, 2.75) is 31.8 Å². The van der Waals surface area contributed by atoms with E-state index < -0.39 is 0 Å². The molecule has 1 saturated carbocycles. The quantitative estimate of drug-likeness (QED) is 0.604. The van der Waals surface area contributed by atoms with Crippen molar-refractivity contribution in [1.29, 1.82) is 0 Å². The minimum absolute atomic E-state index is 0.139. The van der Waals surface area contributed by atoms with E-state index in [1.807, 2.05) is 0 Å². The smallest absolute Gasteiger partial charge is 0.133 e. The Kier molecular flexibility index (Phi) is 7.41. The Bertz CT molecular complexity index is 90.1. The molecule has 0 unspecified atom stereocenters. The lowest BCUT2D eigenvalue weighted by molar-refractivity contribution is -0.106. The topological polar surface area (TPSA) is 52.3 Å². The Balaban J connectivity index is 0.000000218. The van der Waals surface area contributed by atoms with E-state index in [0.717, 1.165) is 0 Å². The van der Waals surface area contributed by atoms with Gasteiger partial charge in [-0.3, -0.25) is 0 Å². The van der Waals surface area contributed by atoms with Crippen molar-refractivity contribution >= 4 is 6.29 Å². The van der Waals surface area contributed by atoms with E-state index in [-0.39, 0.29) is 6.54 Å². The highest BCUT2D eigenvalue weighted by Gasteiger charge is 2.12. The molecule has 0 atom stereocenters. The average Bonchev–Trinajstić information content (AvgIpc) is 2.56. The van der Waals surface area contributed by atoms with E-state index in [4.69, 9.17) is 9.53 Å². The van der Waals surface area contributed by atoms with Crippen molar-refractivity contribution in [3.8, 4) is 0 Å². The molecule has 2 N–H and O–H groups in total. The summed E-state index contributed by atoms with van der Waals surface area (Å²) in [6, 6.07) is 0. The molecule has 3 nitrogen and oxygen atoms in total. The number of hydrogen-bond acceptors (Lipinski definition) is 3. The molecule has 1 aliphatic rings. The molecular weight excluding hydrogens is 142 g/mol. The maximum atomic E-state index is 9.05. The third kappa shape index (κ3) is 6.01. The normalized spacial score (nSPS) is 17.3. The van der Waals surface area contributed by atoms with Gasteiger partial charge in [-0.05, 0) is 12.8 Å². The zero-order valence-electron chi connectivity index (χ0n) is 7.08. The van der Waals surface area contributed by atoms with Gasteiger partial charge in [0.15, 0.2) is 0 Å². The number of aldehydes is 1. The van der Waals surface area contributed by atoms with Crippen LogP contribution in [0, 0.1) is 0 Å². The van der Waals surface area contributed by atoms with Crippen molar-refractivity contribution in [3.63, 3.8) is 0 Å². The molecule has 0 aromatic rings. The Labute approximate surface area is 67.9 Å². The molecular formula is C8H17NO2. The molecule has 0 heterocycles. The second-order valence-electron chi connectivity index (χ2n) is 2.54. The number of hydrogen-bond donors (Lipinski definition) is 1. The van der Waals surface area contributed by atoms with Gasteiger partial charge < -0.3 is 15.3 Å². The summed E-state index contributed by atoms with van der Waals surface area (Å²) >= 11 is 0. The van der Waals surface area contributed by atoms with Gasteiger partial charge in [-0.1, -0.05) is 12.8 Å². The first kappa shape index (κ1) is 10.6. The van der Waals surface area contributed by atoms with Crippen LogP contribution in [0.3, 0.4) is 0 Å². The van der Waals surface area contributed by atoms with Crippen molar-refractivity contribution in [2.24, 2.45) is 5.73 Å². The zero-order chi connectivity index (χ0) is 8.53. The highest BCUT2D eigenvalue weighted by molar-refractivity contribution is 5.51. The standard InChI is InChI=1S/C6H12O.C2H5NO/c1-7-6-4-2-3-5-6;3-1-2-4/h6H,2-5H2,1H3;2H,1,3H2. The first-order valence-electron chi connectivity index (χ1n) is 4.01. The van der Waals surface area contributed by atoms with Crippen LogP contribution in [-0.4, -0.2) is 26.0 Å². The van der Waals surface area contributed by atoms with Gasteiger partial charge in [0.1, 0.15) is 6.29 Å². The van der Waals surface area contributed by atoms with Crippen LogP contribution >= 0.6 is 0 Å². The summed E-state index contributed by atoms with van der Waals surface area (Å²) in [5.74, 6) is 0. The summed E-state index contributed by atoms with van der Waals surface area (Å²) in [5, 5.41) is 0. The van der Waals surface area contributed by atoms with E-state index in [0.29, 0.717) is 12.4 Å². The van der Waals surface area contributed by atoms with E-state index in [1.165, 1.54) is 25.7 Å². The number of nitrogens with two attached hydrogens (primary N) is 1. The Morgan fingerprint density at radius 3 is 2.18 bits per heavy atom. The molecule has 1 rings (SSSR count). The Morgan fingerprint density at radius 2 is 2.00 bits per heavy atom. The molecule has 0 amide bonds. The third-order valence-electron chi connectivity index (χ3n) is 1.73. The number of rotatable bonds is 2. The predicted octanol–water partition coefficient (Wildman–Crippen LogP) is 0.719. The minimum atomic E-state index is 0.139. The maximum absolute atomic E-state index is 9.05. The molecule has 1 aliphatic carbocycles. The molecule has 0 bridgehead atoms. The molecule has 66 valence electrons. The van der Waals surface area contributed by atoms with Crippen molar-refractivity contribution < 1.29 is 9.53 Å². The SMILES string of the molecule is COC1CCCC1.NCC=O. The fourth-order valence-corrected chi connectivity index (χ4v) is 1.12. The van der Waals surface area contributed by atoms with Gasteiger partial charge in [-0.25, -0.2) is 0 Å². The third-order valence-corrected chi connectivity index (χ3v) is 1.73. The zero-order valence-corrected chi connectivity index (χ0v) is 7.08. The van der Waals surface area contributed by atoms with Crippen LogP contribution in [0.4, 0.5) is 0 Å². The van der Waals surface area contributed by atoms with Gasteiger partial charge in [0, 0.05) is 13.7 Å². The molecule has 0 aromatic heterocycles. The highest BCUT2D eigenvalue weighted by atomic mass is 16.5. The summed E-state index contributed by atoms with van der Waals surface area (Å²) in [4.78, 5) is 9.05. The van der Waals surface area contributed by atoms with Crippen molar-refractivity contribution in [1.82, 2.24) is 0 Å². The molecule has 0 spiro atoms. The van der Waals surface area contributed by atoms with Gasteiger partial charge in [0.2, 0.25) is 0 Å².